The zero-order chi connectivity index (χ0) is 20.0. The van der Waals surface area contributed by atoms with E-state index in [1.807, 2.05) is 0 Å². The van der Waals surface area contributed by atoms with Gasteiger partial charge in [-0.3, -0.25) is 14.3 Å². The number of aryl methyl sites for hydroxylation is 1. The van der Waals surface area contributed by atoms with E-state index in [0.29, 0.717) is 28.7 Å². The number of rotatable bonds is 8. The van der Waals surface area contributed by atoms with Crippen LogP contribution in [0.25, 0.3) is 0 Å². The van der Waals surface area contributed by atoms with Gasteiger partial charge in [0, 0.05) is 20.2 Å². The fraction of sp³-hybridized carbons (Fsp3) is 0.421. The molecule has 0 radical (unpaired) electrons. The molecule has 0 saturated carbocycles. The summed E-state index contributed by atoms with van der Waals surface area (Å²) in [6.07, 6.45) is 0.790. The second kappa shape index (κ2) is 9.18. The maximum absolute atomic E-state index is 12.7. The number of hydrogen-bond acceptors (Lipinski definition) is 5. The lowest BCUT2D eigenvalue weighted by atomic mass is 10.1. The first-order valence-corrected chi connectivity index (χ1v) is 8.65. The molecule has 0 unspecified atom stereocenters. The van der Waals surface area contributed by atoms with E-state index in [2.05, 4.69) is 29.6 Å². The van der Waals surface area contributed by atoms with Crippen LogP contribution in [0, 0.1) is 5.92 Å². The van der Waals surface area contributed by atoms with E-state index < -0.39 is 0 Å². The molecule has 1 aromatic heterocycles. The van der Waals surface area contributed by atoms with Gasteiger partial charge in [0.15, 0.2) is 0 Å². The normalized spacial score (nSPS) is 10.7. The Hall–Kier alpha value is -2.87. The number of aromatic nitrogens is 2. The average Bonchev–Trinajstić information content (AvgIpc) is 2.96. The predicted octanol–water partition coefficient (Wildman–Crippen LogP) is 2.46. The average molecular weight is 374 g/mol. The van der Waals surface area contributed by atoms with Gasteiger partial charge in [-0.15, -0.1) is 0 Å². The molecule has 0 aliphatic carbocycles. The van der Waals surface area contributed by atoms with E-state index >= 15 is 0 Å². The summed E-state index contributed by atoms with van der Waals surface area (Å²) < 4.78 is 11.6. The van der Waals surface area contributed by atoms with Crippen molar-refractivity contribution in [2.45, 2.75) is 20.3 Å². The Morgan fingerprint density at radius 1 is 1.15 bits per heavy atom. The van der Waals surface area contributed by atoms with E-state index in [9.17, 15) is 9.59 Å². The zero-order valence-corrected chi connectivity index (χ0v) is 16.3. The van der Waals surface area contributed by atoms with Gasteiger partial charge in [-0.2, -0.15) is 5.10 Å². The Balaban J connectivity index is 2.25. The molecule has 2 amide bonds. The van der Waals surface area contributed by atoms with Crippen molar-refractivity contribution >= 4 is 23.2 Å². The number of anilines is 2. The lowest BCUT2D eigenvalue weighted by Gasteiger charge is -2.13. The molecule has 0 aliphatic heterocycles. The second-order valence-electron chi connectivity index (χ2n) is 6.59. The third kappa shape index (κ3) is 5.55. The zero-order valence-electron chi connectivity index (χ0n) is 16.3. The van der Waals surface area contributed by atoms with E-state index in [0.717, 1.165) is 12.1 Å². The molecule has 2 N–H and O–H groups in total. The summed E-state index contributed by atoms with van der Waals surface area (Å²) in [6.45, 7) is 4.11. The van der Waals surface area contributed by atoms with E-state index in [1.165, 1.54) is 14.2 Å². The van der Waals surface area contributed by atoms with Crippen LogP contribution < -0.4 is 15.4 Å². The first-order valence-electron chi connectivity index (χ1n) is 8.65. The topological polar surface area (TPSA) is 94.5 Å². The monoisotopic (exact) mass is 374 g/mol. The summed E-state index contributed by atoms with van der Waals surface area (Å²) >= 11 is 0. The Labute approximate surface area is 158 Å². The number of nitrogens with zero attached hydrogens (tertiary/aromatic N) is 2. The van der Waals surface area contributed by atoms with Gasteiger partial charge in [-0.25, -0.2) is 0 Å². The van der Waals surface area contributed by atoms with Crippen LogP contribution in [0.5, 0.6) is 5.75 Å². The summed E-state index contributed by atoms with van der Waals surface area (Å²) in [6, 6.07) is 6.78. The van der Waals surface area contributed by atoms with Crippen molar-refractivity contribution in [3.63, 3.8) is 0 Å². The highest BCUT2D eigenvalue weighted by Crippen LogP contribution is 2.27. The Morgan fingerprint density at radius 2 is 1.89 bits per heavy atom. The molecule has 146 valence electrons. The van der Waals surface area contributed by atoms with Crippen LogP contribution >= 0.6 is 0 Å². The fourth-order valence-corrected chi connectivity index (χ4v) is 2.62. The van der Waals surface area contributed by atoms with Gasteiger partial charge in [-0.05, 0) is 30.5 Å². The molecule has 0 spiro atoms. The molecule has 27 heavy (non-hydrogen) atoms. The SMILES string of the molecule is COCC(=O)Nc1ccc(OC)cc1NC(=O)c1cc(CC(C)C)nn1C. The fourth-order valence-electron chi connectivity index (χ4n) is 2.62. The smallest absolute Gasteiger partial charge is 0.273 e. The number of carbonyl (C=O) groups excluding carboxylic acids is 2. The summed E-state index contributed by atoms with van der Waals surface area (Å²) in [5.74, 6) is 0.353. The van der Waals surface area contributed by atoms with Crippen LogP contribution in [-0.4, -0.2) is 42.4 Å². The summed E-state index contributed by atoms with van der Waals surface area (Å²) in [5, 5.41) is 9.92. The number of methoxy groups -OCH3 is 2. The lowest BCUT2D eigenvalue weighted by Crippen LogP contribution is -2.20. The van der Waals surface area contributed by atoms with Crippen LogP contribution in [-0.2, 0) is 23.0 Å². The molecular weight excluding hydrogens is 348 g/mol. The van der Waals surface area contributed by atoms with Crippen molar-refractivity contribution in [3.05, 3.63) is 35.7 Å². The Bertz CT molecular complexity index is 814. The minimum atomic E-state index is -0.324. The van der Waals surface area contributed by atoms with Gasteiger partial charge in [0.1, 0.15) is 18.1 Å². The Morgan fingerprint density at radius 3 is 2.52 bits per heavy atom. The molecule has 0 aliphatic rings. The highest BCUT2D eigenvalue weighted by Gasteiger charge is 2.17. The van der Waals surface area contributed by atoms with Crippen LogP contribution in [0.4, 0.5) is 11.4 Å². The van der Waals surface area contributed by atoms with Crippen LogP contribution in [0.1, 0.15) is 30.0 Å². The van der Waals surface area contributed by atoms with Crippen LogP contribution in [0.3, 0.4) is 0 Å². The first kappa shape index (κ1) is 20.4. The molecule has 2 aromatic rings. The number of ether oxygens (including phenoxy) is 2. The standard InChI is InChI=1S/C19H26N4O4/c1-12(2)8-13-9-17(23(3)22-13)19(25)21-16-10-14(27-5)6-7-15(16)20-18(24)11-26-4/h6-7,9-10,12H,8,11H2,1-5H3,(H,20,24)(H,21,25). The molecular formula is C19H26N4O4. The molecule has 0 saturated heterocycles. The molecule has 8 nitrogen and oxygen atoms in total. The van der Waals surface area contributed by atoms with Gasteiger partial charge < -0.3 is 20.1 Å². The first-order chi connectivity index (χ1) is 12.8. The van der Waals surface area contributed by atoms with Gasteiger partial charge in [0.05, 0.1) is 24.2 Å². The van der Waals surface area contributed by atoms with Crippen LogP contribution in [0.2, 0.25) is 0 Å². The largest absolute Gasteiger partial charge is 0.497 e. The third-order valence-electron chi connectivity index (χ3n) is 3.80. The molecule has 8 heteroatoms. The van der Waals surface area contributed by atoms with Gasteiger partial charge in [0.2, 0.25) is 5.91 Å². The van der Waals surface area contributed by atoms with Crippen molar-refractivity contribution < 1.29 is 19.1 Å². The number of hydrogen-bond donors (Lipinski definition) is 2. The summed E-state index contributed by atoms with van der Waals surface area (Å²) in [5.41, 5.74) is 2.17. The summed E-state index contributed by atoms with van der Waals surface area (Å²) in [4.78, 5) is 24.6. The molecule has 2 rings (SSSR count). The van der Waals surface area contributed by atoms with E-state index in [4.69, 9.17) is 9.47 Å². The number of benzene rings is 1. The third-order valence-corrected chi connectivity index (χ3v) is 3.80. The molecule has 1 aromatic carbocycles. The second-order valence-corrected chi connectivity index (χ2v) is 6.59. The van der Waals surface area contributed by atoms with E-state index in [-0.39, 0.29) is 18.4 Å². The summed E-state index contributed by atoms with van der Waals surface area (Å²) in [7, 11) is 4.70. The van der Waals surface area contributed by atoms with Crippen molar-refractivity contribution in [2.24, 2.45) is 13.0 Å². The van der Waals surface area contributed by atoms with E-state index in [1.54, 1.807) is 36.0 Å². The van der Waals surface area contributed by atoms with Crippen LogP contribution in [0.15, 0.2) is 24.3 Å². The number of nitrogens with one attached hydrogen (secondary N) is 2. The minimum Gasteiger partial charge on any atom is -0.497 e. The molecule has 0 fully saturated rings. The number of amides is 2. The molecule has 1 heterocycles. The van der Waals surface area contributed by atoms with Gasteiger partial charge >= 0.3 is 0 Å². The quantitative estimate of drug-likeness (QED) is 0.740. The lowest BCUT2D eigenvalue weighted by molar-refractivity contribution is -0.119. The van der Waals surface area contributed by atoms with Gasteiger partial charge in [-0.1, -0.05) is 13.8 Å². The minimum absolute atomic E-state index is 0.0836. The number of carbonyl (C=O) groups is 2. The molecule has 0 bridgehead atoms. The highest BCUT2D eigenvalue weighted by atomic mass is 16.5. The highest BCUT2D eigenvalue weighted by molar-refractivity contribution is 6.06. The van der Waals surface area contributed by atoms with Crippen molar-refractivity contribution in [1.29, 1.82) is 0 Å². The van der Waals surface area contributed by atoms with Crippen molar-refractivity contribution in [3.8, 4) is 5.75 Å². The molecule has 0 atom stereocenters. The predicted molar refractivity (Wildman–Crippen MR) is 103 cm³/mol. The van der Waals surface area contributed by atoms with Crippen molar-refractivity contribution in [2.75, 3.05) is 31.5 Å². The maximum atomic E-state index is 12.7. The maximum Gasteiger partial charge on any atom is 0.273 e. The Kier molecular flexibility index (Phi) is 6.95. The van der Waals surface area contributed by atoms with Gasteiger partial charge in [0.25, 0.3) is 5.91 Å². The van der Waals surface area contributed by atoms with Crippen molar-refractivity contribution in [1.82, 2.24) is 9.78 Å².